The Morgan fingerprint density at radius 2 is 1.74 bits per heavy atom. The summed E-state index contributed by atoms with van der Waals surface area (Å²) >= 11 is 0. The number of hydrogen-bond acceptors (Lipinski definition) is 2. The first-order valence-electron chi connectivity index (χ1n) is 6.68. The Bertz CT molecular complexity index is 599. The van der Waals surface area contributed by atoms with Crippen molar-refractivity contribution in [3.8, 4) is 5.75 Å². The smallest absolute Gasteiger partial charge is 0.250 e. The lowest BCUT2D eigenvalue weighted by Crippen LogP contribution is -2.43. The molecule has 0 spiro atoms. The first kappa shape index (κ1) is 13.9. The Morgan fingerprint density at radius 3 is 2.37 bits per heavy atom. The van der Waals surface area contributed by atoms with E-state index in [1.165, 1.54) is 5.39 Å². The molecule has 0 aromatic heterocycles. The maximum Gasteiger partial charge on any atom is 0.250 e. The van der Waals surface area contributed by atoms with Crippen LogP contribution in [-0.4, -0.2) is 8.32 Å². The van der Waals surface area contributed by atoms with Crippen molar-refractivity contribution in [1.29, 1.82) is 0 Å². The second-order valence-corrected chi connectivity index (χ2v) is 11.3. The van der Waals surface area contributed by atoms with Crippen molar-refractivity contribution in [2.24, 2.45) is 0 Å². The summed E-state index contributed by atoms with van der Waals surface area (Å²) in [5.41, 5.74) is 6.67. The topological polar surface area (TPSA) is 35.2 Å². The molecule has 2 nitrogen and oxygen atoms in total. The van der Waals surface area contributed by atoms with Crippen molar-refractivity contribution in [2.45, 2.75) is 38.9 Å². The summed E-state index contributed by atoms with van der Waals surface area (Å²) in [6.07, 6.45) is 0. The number of fused-ring (bicyclic) bond motifs is 1. The predicted octanol–water partition coefficient (Wildman–Crippen LogP) is 4.81. The lowest BCUT2D eigenvalue weighted by molar-refractivity contribution is 0.496. The highest BCUT2D eigenvalue weighted by Crippen LogP contribution is 2.39. The molecule has 0 amide bonds. The number of nitrogens with two attached hydrogens (primary N) is 1. The Labute approximate surface area is 116 Å². The minimum atomic E-state index is -1.82. The van der Waals surface area contributed by atoms with Crippen LogP contribution in [0.4, 0.5) is 5.69 Å². The molecule has 19 heavy (non-hydrogen) atoms. The molecule has 3 heteroatoms. The van der Waals surface area contributed by atoms with E-state index < -0.39 is 8.32 Å². The van der Waals surface area contributed by atoms with Crippen LogP contribution >= 0.6 is 0 Å². The van der Waals surface area contributed by atoms with Gasteiger partial charge in [0.25, 0.3) is 8.32 Å². The van der Waals surface area contributed by atoms with Crippen LogP contribution in [-0.2, 0) is 0 Å². The number of anilines is 1. The molecule has 102 valence electrons. The normalized spacial score (nSPS) is 12.7. The van der Waals surface area contributed by atoms with Crippen LogP contribution in [0.1, 0.15) is 20.8 Å². The number of nitrogen functional groups attached to an aromatic ring is 1. The molecule has 0 saturated heterocycles. The quantitative estimate of drug-likeness (QED) is 0.629. The van der Waals surface area contributed by atoms with Gasteiger partial charge in [0.1, 0.15) is 5.75 Å². The van der Waals surface area contributed by atoms with Crippen molar-refractivity contribution in [3.05, 3.63) is 36.4 Å². The molecule has 0 saturated carbocycles. The minimum absolute atomic E-state index is 0.190. The summed E-state index contributed by atoms with van der Waals surface area (Å²) in [6.45, 7) is 11.3. The molecule has 0 fully saturated rings. The largest absolute Gasteiger partial charge is 0.543 e. The maximum absolute atomic E-state index is 6.42. The molecule has 2 N–H and O–H groups in total. The van der Waals surface area contributed by atoms with Gasteiger partial charge >= 0.3 is 0 Å². The molecule has 0 heterocycles. The van der Waals surface area contributed by atoms with Crippen molar-refractivity contribution in [1.82, 2.24) is 0 Å². The van der Waals surface area contributed by atoms with Gasteiger partial charge in [-0.1, -0.05) is 39.0 Å². The van der Waals surface area contributed by atoms with Crippen molar-refractivity contribution < 1.29 is 4.43 Å². The average Bonchev–Trinajstić information content (AvgIpc) is 2.28. The van der Waals surface area contributed by atoms with Crippen LogP contribution in [0, 0.1) is 0 Å². The number of rotatable bonds is 2. The van der Waals surface area contributed by atoms with Crippen LogP contribution in [0.5, 0.6) is 5.75 Å². The van der Waals surface area contributed by atoms with Gasteiger partial charge in [-0.2, -0.15) is 0 Å². The zero-order valence-corrected chi connectivity index (χ0v) is 13.4. The number of benzene rings is 2. The van der Waals surface area contributed by atoms with Crippen molar-refractivity contribution in [3.63, 3.8) is 0 Å². The molecule has 0 aliphatic heterocycles. The summed E-state index contributed by atoms with van der Waals surface area (Å²) < 4.78 is 6.42. The molecule has 0 unspecified atom stereocenters. The van der Waals surface area contributed by atoms with Crippen LogP contribution in [0.25, 0.3) is 10.8 Å². The van der Waals surface area contributed by atoms with Gasteiger partial charge in [-0.05, 0) is 41.7 Å². The van der Waals surface area contributed by atoms with E-state index in [2.05, 4.69) is 39.9 Å². The van der Waals surface area contributed by atoms with Gasteiger partial charge in [0.05, 0.1) is 0 Å². The van der Waals surface area contributed by atoms with Crippen LogP contribution in [0.3, 0.4) is 0 Å². The first-order valence-corrected chi connectivity index (χ1v) is 9.59. The summed E-state index contributed by atoms with van der Waals surface area (Å²) in [7, 11) is -1.82. The van der Waals surface area contributed by atoms with E-state index in [4.69, 9.17) is 10.2 Å². The Morgan fingerprint density at radius 1 is 1.05 bits per heavy atom. The summed E-state index contributed by atoms with van der Waals surface area (Å²) in [5, 5.41) is 2.47. The molecule has 0 radical (unpaired) electrons. The highest BCUT2D eigenvalue weighted by atomic mass is 28.4. The minimum Gasteiger partial charge on any atom is -0.543 e. The zero-order valence-electron chi connectivity index (χ0n) is 12.4. The standard InChI is InChI=1S/C16H23NOSi/c1-16(2,3)19(4,5)18-15-8-6-7-12-9-10-13(17)11-14(12)15/h6-11H,17H2,1-5H3. The lowest BCUT2D eigenvalue weighted by Gasteiger charge is -2.36. The maximum atomic E-state index is 6.42. The van der Waals surface area contributed by atoms with Gasteiger partial charge in [-0.15, -0.1) is 0 Å². The fourth-order valence-electron chi connectivity index (χ4n) is 1.78. The predicted molar refractivity (Wildman–Crippen MR) is 86.2 cm³/mol. The van der Waals surface area contributed by atoms with Crippen LogP contribution < -0.4 is 10.2 Å². The van der Waals surface area contributed by atoms with Gasteiger partial charge in [-0.3, -0.25) is 0 Å². The van der Waals surface area contributed by atoms with Crippen LogP contribution in [0.2, 0.25) is 18.1 Å². The van der Waals surface area contributed by atoms with E-state index in [1.54, 1.807) is 0 Å². The molecule has 2 aromatic carbocycles. The fourth-order valence-corrected chi connectivity index (χ4v) is 2.81. The van der Waals surface area contributed by atoms with Gasteiger partial charge in [0.2, 0.25) is 0 Å². The second-order valence-electron chi connectivity index (χ2n) is 6.60. The van der Waals surface area contributed by atoms with Crippen molar-refractivity contribution in [2.75, 3.05) is 5.73 Å². The van der Waals surface area contributed by atoms with Crippen LogP contribution in [0.15, 0.2) is 36.4 Å². The fraction of sp³-hybridized carbons (Fsp3) is 0.375. The Kier molecular flexibility index (Phi) is 3.35. The van der Waals surface area contributed by atoms with E-state index >= 15 is 0 Å². The van der Waals surface area contributed by atoms with E-state index in [-0.39, 0.29) is 5.04 Å². The van der Waals surface area contributed by atoms with Crippen molar-refractivity contribution >= 4 is 24.8 Å². The SMILES string of the molecule is CC(C)(C)[Si](C)(C)Oc1cccc2ccc(N)cc12. The third-order valence-corrected chi connectivity index (χ3v) is 8.38. The van der Waals surface area contributed by atoms with Gasteiger partial charge < -0.3 is 10.2 Å². The van der Waals surface area contributed by atoms with E-state index in [0.717, 1.165) is 16.8 Å². The van der Waals surface area contributed by atoms with E-state index in [1.807, 2.05) is 30.3 Å². The molecule has 0 atom stereocenters. The third kappa shape index (κ3) is 2.76. The molecule has 2 aromatic rings. The lowest BCUT2D eigenvalue weighted by atomic mass is 10.1. The molecule has 0 aliphatic carbocycles. The third-order valence-electron chi connectivity index (χ3n) is 4.04. The molecular formula is C16H23NOSi. The average molecular weight is 273 g/mol. The molecule has 2 rings (SSSR count). The second kappa shape index (κ2) is 4.56. The summed E-state index contributed by atoms with van der Waals surface area (Å²) in [4.78, 5) is 0. The van der Waals surface area contributed by atoms with Gasteiger partial charge in [0, 0.05) is 11.1 Å². The van der Waals surface area contributed by atoms with E-state index in [9.17, 15) is 0 Å². The monoisotopic (exact) mass is 273 g/mol. The Hall–Kier alpha value is -1.48. The highest BCUT2D eigenvalue weighted by Gasteiger charge is 2.39. The summed E-state index contributed by atoms with van der Waals surface area (Å²) in [6, 6.07) is 12.1. The van der Waals surface area contributed by atoms with Gasteiger partial charge in [0.15, 0.2) is 0 Å². The van der Waals surface area contributed by atoms with E-state index in [0.29, 0.717) is 0 Å². The Balaban J connectivity index is 2.49. The first-order chi connectivity index (χ1) is 8.71. The zero-order chi connectivity index (χ0) is 14.3. The van der Waals surface area contributed by atoms with Gasteiger partial charge in [-0.25, -0.2) is 0 Å². The molecular weight excluding hydrogens is 250 g/mol. The number of hydrogen-bond donors (Lipinski definition) is 1. The molecule has 0 aliphatic rings. The highest BCUT2D eigenvalue weighted by molar-refractivity contribution is 6.74. The molecule has 0 bridgehead atoms. The summed E-state index contributed by atoms with van der Waals surface area (Å²) in [5.74, 6) is 0.955.